The number of carbonyl (C=O) groups is 2. The number of nitrogens with zero attached hydrogens (tertiary/aromatic N) is 5. The van der Waals surface area contributed by atoms with Gasteiger partial charge < -0.3 is 9.47 Å². The summed E-state index contributed by atoms with van der Waals surface area (Å²) in [6.07, 6.45) is 5.42. The Balaban J connectivity index is 1.54. The number of fused-ring (bicyclic) bond motifs is 2. The van der Waals surface area contributed by atoms with E-state index in [0.29, 0.717) is 35.9 Å². The van der Waals surface area contributed by atoms with Gasteiger partial charge in [0, 0.05) is 31.2 Å². The zero-order valence-corrected chi connectivity index (χ0v) is 17.1. The predicted molar refractivity (Wildman–Crippen MR) is 107 cm³/mol. The number of aromatic nitrogens is 3. The summed E-state index contributed by atoms with van der Waals surface area (Å²) in [4.78, 5) is 42.9. The Bertz CT molecular complexity index is 1060. The van der Waals surface area contributed by atoms with Crippen LogP contribution in [0.3, 0.4) is 0 Å². The van der Waals surface area contributed by atoms with Crippen molar-refractivity contribution in [2.24, 2.45) is 0 Å². The van der Waals surface area contributed by atoms with Crippen molar-refractivity contribution in [3.63, 3.8) is 0 Å². The van der Waals surface area contributed by atoms with Gasteiger partial charge in [0.15, 0.2) is 0 Å². The lowest BCUT2D eigenvalue weighted by atomic mass is 9.92. The lowest BCUT2D eigenvalue weighted by molar-refractivity contribution is -0.117. The summed E-state index contributed by atoms with van der Waals surface area (Å²) < 4.78 is 3.07. The van der Waals surface area contributed by atoms with Gasteiger partial charge in [-0.25, -0.2) is 0 Å². The molecule has 1 amide bonds. The summed E-state index contributed by atoms with van der Waals surface area (Å²) in [5.41, 5.74) is 1.91. The number of Topliss-reactive ketones (excluding diaryl/α,β-unsaturated/α-hetero) is 1. The number of carbonyl (C=O) groups excluding carboxylic acids is 2. The molecule has 8 heteroatoms. The van der Waals surface area contributed by atoms with Crippen LogP contribution in [-0.4, -0.2) is 60.8 Å². The molecule has 1 saturated heterocycles. The van der Waals surface area contributed by atoms with E-state index in [9.17, 15) is 14.4 Å². The van der Waals surface area contributed by atoms with Gasteiger partial charge in [-0.2, -0.15) is 9.61 Å². The molecular formula is C21H27N5O3. The molecule has 0 N–H and O–H groups in total. The largest absolute Gasteiger partial charge is 0.328 e. The highest BCUT2D eigenvalue weighted by atomic mass is 16.2. The first kappa shape index (κ1) is 18.5. The number of aryl methyl sites for hydroxylation is 1. The van der Waals surface area contributed by atoms with Crippen molar-refractivity contribution < 1.29 is 9.59 Å². The molecule has 154 valence electrons. The topological polar surface area (TPSA) is 79.9 Å². The maximum Gasteiger partial charge on any atom is 0.280 e. The van der Waals surface area contributed by atoms with Gasteiger partial charge in [-0.05, 0) is 32.6 Å². The van der Waals surface area contributed by atoms with Gasteiger partial charge in [-0.3, -0.25) is 19.3 Å². The predicted octanol–water partition coefficient (Wildman–Crippen LogP) is 1.23. The summed E-state index contributed by atoms with van der Waals surface area (Å²) in [5.74, 6) is -0.180. The fraction of sp³-hybridized carbons (Fsp3) is 0.619. The molecule has 2 fully saturated rings. The highest BCUT2D eigenvalue weighted by molar-refractivity contribution is 5.98. The molecule has 8 nitrogen and oxygen atoms in total. The standard InChI is InChI=1S/C21H27N5O3/c1-3-14-9-18-25(10-13(2)27)19-17(20(28)26(18)22-14)12-24(21(19)29)16-7-8-23(11-16)15-5-4-6-15/h9,15-16H,3-8,10-12H2,1-2H3. The Labute approximate surface area is 169 Å². The van der Waals surface area contributed by atoms with Crippen molar-refractivity contribution in [2.75, 3.05) is 13.1 Å². The minimum absolute atomic E-state index is 0.0553. The molecule has 29 heavy (non-hydrogen) atoms. The van der Waals surface area contributed by atoms with Crippen molar-refractivity contribution in [2.45, 2.75) is 71.1 Å². The summed E-state index contributed by atoms with van der Waals surface area (Å²) in [6.45, 7) is 5.74. The summed E-state index contributed by atoms with van der Waals surface area (Å²) in [5, 5.41) is 4.41. The first-order chi connectivity index (χ1) is 14.0. The van der Waals surface area contributed by atoms with Crippen LogP contribution < -0.4 is 5.56 Å². The van der Waals surface area contributed by atoms with Gasteiger partial charge in [0.2, 0.25) is 0 Å². The van der Waals surface area contributed by atoms with Gasteiger partial charge in [0.25, 0.3) is 11.5 Å². The van der Waals surface area contributed by atoms with E-state index in [2.05, 4.69) is 10.00 Å². The molecule has 1 atom stereocenters. The molecule has 2 aromatic rings. The van der Waals surface area contributed by atoms with Gasteiger partial charge in [-0.1, -0.05) is 13.3 Å². The SMILES string of the molecule is CCc1cc2n(CC(C)=O)c3c(c(=O)n2n1)CN(C1CCN(C2CCC2)C1)C3=O. The summed E-state index contributed by atoms with van der Waals surface area (Å²) in [7, 11) is 0. The Kier molecular flexibility index (Phi) is 4.34. The van der Waals surface area contributed by atoms with E-state index in [-0.39, 0.29) is 29.8 Å². The van der Waals surface area contributed by atoms with E-state index < -0.39 is 0 Å². The van der Waals surface area contributed by atoms with E-state index in [1.807, 2.05) is 17.9 Å². The summed E-state index contributed by atoms with van der Waals surface area (Å²) in [6, 6.07) is 2.60. The van der Waals surface area contributed by atoms with Gasteiger partial charge >= 0.3 is 0 Å². The molecular weight excluding hydrogens is 370 g/mol. The second-order valence-corrected chi connectivity index (χ2v) is 8.63. The lowest BCUT2D eigenvalue weighted by Crippen LogP contribution is -2.42. The third kappa shape index (κ3) is 2.84. The van der Waals surface area contributed by atoms with E-state index in [4.69, 9.17) is 0 Å². The monoisotopic (exact) mass is 397 g/mol. The molecule has 0 bridgehead atoms. The summed E-state index contributed by atoms with van der Waals surface area (Å²) >= 11 is 0. The van der Waals surface area contributed by atoms with Crippen molar-refractivity contribution in [3.8, 4) is 0 Å². The average molecular weight is 397 g/mol. The molecule has 0 spiro atoms. The number of amides is 1. The Morgan fingerprint density at radius 1 is 1.21 bits per heavy atom. The van der Waals surface area contributed by atoms with Crippen molar-refractivity contribution in [3.05, 3.63) is 33.4 Å². The highest BCUT2D eigenvalue weighted by Crippen LogP contribution is 2.32. The molecule has 3 aliphatic rings. The van der Waals surface area contributed by atoms with Crippen LogP contribution in [0, 0.1) is 0 Å². The second-order valence-electron chi connectivity index (χ2n) is 8.63. The number of hydrogen-bond acceptors (Lipinski definition) is 5. The van der Waals surface area contributed by atoms with Crippen LogP contribution in [0.4, 0.5) is 0 Å². The van der Waals surface area contributed by atoms with Gasteiger partial charge in [0.05, 0.1) is 24.3 Å². The lowest BCUT2D eigenvalue weighted by Gasteiger charge is -2.35. The number of hydrogen-bond donors (Lipinski definition) is 0. The molecule has 4 heterocycles. The Hall–Kier alpha value is -2.48. The van der Waals surface area contributed by atoms with Crippen molar-refractivity contribution in [1.29, 1.82) is 0 Å². The van der Waals surface area contributed by atoms with Gasteiger partial charge in [0.1, 0.15) is 17.1 Å². The maximum absolute atomic E-state index is 13.4. The smallest absolute Gasteiger partial charge is 0.280 e. The molecule has 0 aromatic carbocycles. The fourth-order valence-corrected chi connectivity index (χ4v) is 4.99. The third-order valence-electron chi connectivity index (χ3n) is 6.79. The maximum atomic E-state index is 13.4. The quantitative estimate of drug-likeness (QED) is 0.758. The van der Waals surface area contributed by atoms with E-state index in [0.717, 1.165) is 25.2 Å². The molecule has 5 rings (SSSR count). The third-order valence-corrected chi connectivity index (χ3v) is 6.79. The Morgan fingerprint density at radius 3 is 2.66 bits per heavy atom. The van der Waals surface area contributed by atoms with Crippen LogP contribution in [0.2, 0.25) is 0 Å². The molecule has 1 aliphatic carbocycles. The van der Waals surface area contributed by atoms with Crippen LogP contribution in [-0.2, 0) is 24.3 Å². The second kappa shape index (κ2) is 6.79. The number of rotatable bonds is 5. The van der Waals surface area contributed by atoms with E-state index >= 15 is 0 Å². The zero-order chi connectivity index (χ0) is 20.3. The molecule has 2 aromatic heterocycles. The highest BCUT2D eigenvalue weighted by Gasteiger charge is 2.42. The van der Waals surface area contributed by atoms with Crippen LogP contribution >= 0.6 is 0 Å². The number of ketones is 1. The number of likely N-dealkylation sites (tertiary alicyclic amines) is 1. The first-order valence-corrected chi connectivity index (χ1v) is 10.7. The molecule has 0 radical (unpaired) electrons. The first-order valence-electron chi connectivity index (χ1n) is 10.7. The minimum atomic E-state index is -0.237. The molecule has 2 aliphatic heterocycles. The van der Waals surface area contributed by atoms with Crippen LogP contribution in [0.5, 0.6) is 0 Å². The van der Waals surface area contributed by atoms with Crippen LogP contribution in [0.15, 0.2) is 10.9 Å². The van der Waals surface area contributed by atoms with Crippen molar-refractivity contribution >= 4 is 17.3 Å². The molecule has 1 saturated carbocycles. The van der Waals surface area contributed by atoms with E-state index in [1.165, 1.54) is 30.7 Å². The minimum Gasteiger partial charge on any atom is -0.328 e. The molecule has 1 unspecified atom stereocenters. The average Bonchev–Trinajstić information content (AvgIpc) is 3.34. The fourth-order valence-electron chi connectivity index (χ4n) is 4.99. The Morgan fingerprint density at radius 2 is 2.00 bits per heavy atom. The van der Waals surface area contributed by atoms with Gasteiger partial charge in [-0.15, -0.1) is 0 Å². The normalized spacial score (nSPS) is 22.5. The van der Waals surface area contributed by atoms with E-state index in [1.54, 1.807) is 4.57 Å². The van der Waals surface area contributed by atoms with Crippen LogP contribution in [0.25, 0.3) is 5.65 Å². The van der Waals surface area contributed by atoms with Crippen molar-refractivity contribution in [1.82, 2.24) is 24.0 Å². The zero-order valence-electron chi connectivity index (χ0n) is 17.1. The van der Waals surface area contributed by atoms with Crippen LogP contribution in [0.1, 0.15) is 61.3 Å².